The Hall–Kier alpha value is -0.890. The molecule has 2 heterocycles. The number of thiazole rings is 1. The van der Waals surface area contributed by atoms with E-state index in [9.17, 15) is 0 Å². The standard InChI is InChI=1S/C11H9ClN2S2/c1-7-11(8-4-5-9(12)16-8)14-10(15-7)3-2-6-13/h4-5H,2-3H2,1H3. The zero-order valence-electron chi connectivity index (χ0n) is 8.66. The first-order valence-electron chi connectivity index (χ1n) is 4.79. The molecular weight excluding hydrogens is 260 g/mol. The maximum Gasteiger partial charge on any atom is 0.0945 e. The van der Waals surface area contributed by atoms with Gasteiger partial charge in [0, 0.05) is 17.7 Å². The van der Waals surface area contributed by atoms with Crippen molar-refractivity contribution >= 4 is 34.3 Å². The van der Waals surface area contributed by atoms with Crippen molar-refractivity contribution in [1.82, 2.24) is 4.98 Å². The van der Waals surface area contributed by atoms with E-state index in [4.69, 9.17) is 16.9 Å². The Morgan fingerprint density at radius 1 is 1.44 bits per heavy atom. The lowest BCUT2D eigenvalue weighted by Gasteiger charge is -1.91. The van der Waals surface area contributed by atoms with Gasteiger partial charge in [0.2, 0.25) is 0 Å². The van der Waals surface area contributed by atoms with Gasteiger partial charge in [-0.05, 0) is 19.1 Å². The molecule has 0 aliphatic carbocycles. The van der Waals surface area contributed by atoms with Crippen molar-refractivity contribution in [2.75, 3.05) is 0 Å². The molecule has 0 aliphatic rings. The molecule has 0 saturated carbocycles. The van der Waals surface area contributed by atoms with E-state index < -0.39 is 0 Å². The summed E-state index contributed by atoms with van der Waals surface area (Å²) in [7, 11) is 0. The second kappa shape index (κ2) is 4.96. The van der Waals surface area contributed by atoms with Gasteiger partial charge in [-0.25, -0.2) is 4.98 Å². The Kier molecular flexibility index (Phi) is 3.59. The summed E-state index contributed by atoms with van der Waals surface area (Å²) in [5.74, 6) is 0. The van der Waals surface area contributed by atoms with Crippen molar-refractivity contribution in [2.24, 2.45) is 0 Å². The fraction of sp³-hybridized carbons (Fsp3) is 0.273. The Bertz CT molecular complexity index is 536. The molecule has 0 unspecified atom stereocenters. The van der Waals surface area contributed by atoms with Crippen LogP contribution in [0.2, 0.25) is 4.34 Å². The third-order valence-electron chi connectivity index (χ3n) is 2.10. The van der Waals surface area contributed by atoms with Gasteiger partial charge in [-0.1, -0.05) is 11.6 Å². The highest BCUT2D eigenvalue weighted by molar-refractivity contribution is 7.19. The number of rotatable bonds is 3. The third-order valence-corrected chi connectivity index (χ3v) is 4.37. The van der Waals surface area contributed by atoms with Gasteiger partial charge in [0.1, 0.15) is 0 Å². The first-order valence-corrected chi connectivity index (χ1v) is 6.81. The van der Waals surface area contributed by atoms with Crippen LogP contribution in [0.25, 0.3) is 10.6 Å². The molecule has 5 heteroatoms. The van der Waals surface area contributed by atoms with E-state index in [1.165, 1.54) is 16.2 Å². The number of hydrogen-bond acceptors (Lipinski definition) is 4. The monoisotopic (exact) mass is 268 g/mol. The van der Waals surface area contributed by atoms with Crippen LogP contribution < -0.4 is 0 Å². The Morgan fingerprint density at radius 3 is 2.88 bits per heavy atom. The molecule has 0 aromatic carbocycles. The molecule has 0 fully saturated rings. The van der Waals surface area contributed by atoms with Crippen LogP contribution in [0.5, 0.6) is 0 Å². The highest BCUT2D eigenvalue weighted by Gasteiger charge is 2.11. The summed E-state index contributed by atoms with van der Waals surface area (Å²) >= 11 is 9.10. The van der Waals surface area contributed by atoms with Gasteiger partial charge in [-0.3, -0.25) is 0 Å². The quantitative estimate of drug-likeness (QED) is 0.833. The van der Waals surface area contributed by atoms with Crippen LogP contribution in [0.15, 0.2) is 12.1 Å². The van der Waals surface area contributed by atoms with Gasteiger partial charge >= 0.3 is 0 Å². The van der Waals surface area contributed by atoms with Crippen LogP contribution in [-0.2, 0) is 6.42 Å². The maximum atomic E-state index is 8.54. The van der Waals surface area contributed by atoms with Crippen LogP contribution in [0.3, 0.4) is 0 Å². The van der Waals surface area contributed by atoms with Crippen LogP contribution in [0.4, 0.5) is 0 Å². The molecule has 0 saturated heterocycles. The van der Waals surface area contributed by atoms with Gasteiger partial charge in [-0.2, -0.15) is 5.26 Å². The SMILES string of the molecule is Cc1sc(CCC#N)nc1-c1ccc(Cl)s1. The van der Waals surface area contributed by atoms with Crippen LogP contribution >= 0.6 is 34.3 Å². The molecule has 0 aliphatic heterocycles. The van der Waals surface area contributed by atoms with Crippen molar-refractivity contribution in [1.29, 1.82) is 5.26 Å². The number of aryl methyl sites for hydroxylation is 2. The van der Waals surface area contributed by atoms with Crippen molar-refractivity contribution < 1.29 is 0 Å². The average molecular weight is 269 g/mol. The summed E-state index contributed by atoms with van der Waals surface area (Å²) in [5, 5.41) is 9.56. The molecule has 2 aromatic rings. The number of halogens is 1. The minimum absolute atomic E-state index is 0.525. The van der Waals surface area contributed by atoms with E-state index in [0.717, 1.165) is 26.3 Å². The fourth-order valence-electron chi connectivity index (χ4n) is 1.39. The molecular formula is C11H9ClN2S2. The molecule has 2 nitrogen and oxygen atoms in total. The van der Waals surface area contributed by atoms with Crippen molar-refractivity contribution in [2.45, 2.75) is 19.8 Å². The molecule has 16 heavy (non-hydrogen) atoms. The maximum absolute atomic E-state index is 8.54. The minimum Gasteiger partial charge on any atom is -0.240 e. The van der Waals surface area contributed by atoms with E-state index in [2.05, 4.69) is 18.0 Å². The first-order chi connectivity index (χ1) is 7.70. The van der Waals surface area contributed by atoms with E-state index in [1.54, 1.807) is 11.3 Å². The second-order valence-electron chi connectivity index (χ2n) is 3.27. The molecule has 0 N–H and O–H groups in total. The number of nitriles is 1. The molecule has 0 spiro atoms. The molecule has 0 atom stereocenters. The van der Waals surface area contributed by atoms with Crippen LogP contribution in [-0.4, -0.2) is 4.98 Å². The lowest BCUT2D eigenvalue weighted by atomic mass is 10.3. The van der Waals surface area contributed by atoms with Gasteiger partial charge in [0.05, 0.1) is 26.0 Å². The minimum atomic E-state index is 0.525. The summed E-state index contributed by atoms with van der Waals surface area (Å²) in [6.45, 7) is 2.05. The lowest BCUT2D eigenvalue weighted by Crippen LogP contribution is -1.81. The number of aromatic nitrogens is 1. The van der Waals surface area contributed by atoms with E-state index >= 15 is 0 Å². The fourth-order valence-corrected chi connectivity index (χ4v) is 3.49. The van der Waals surface area contributed by atoms with Gasteiger partial charge in [-0.15, -0.1) is 22.7 Å². The molecule has 2 rings (SSSR count). The number of thiophene rings is 1. The van der Waals surface area contributed by atoms with E-state index in [1.807, 2.05) is 12.1 Å². The van der Waals surface area contributed by atoms with Gasteiger partial charge < -0.3 is 0 Å². The molecule has 82 valence electrons. The average Bonchev–Trinajstić information content (AvgIpc) is 2.82. The van der Waals surface area contributed by atoms with Crippen molar-refractivity contribution in [3.05, 3.63) is 26.4 Å². The molecule has 0 bridgehead atoms. The zero-order chi connectivity index (χ0) is 11.5. The van der Waals surface area contributed by atoms with Crippen LogP contribution in [0, 0.1) is 18.3 Å². The normalized spacial score (nSPS) is 10.3. The Morgan fingerprint density at radius 2 is 2.25 bits per heavy atom. The highest BCUT2D eigenvalue weighted by atomic mass is 35.5. The Labute approximate surface area is 107 Å². The lowest BCUT2D eigenvalue weighted by molar-refractivity contribution is 0.991. The first kappa shape index (κ1) is 11.6. The summed E-state index contributed by atoms with van der Waals surface area (Å²) in [6, 6.07) is 6.01. The predicted octanol–water partition coefficient (Wildman–Crippen LogP) is 4.29. The second-order valence-corrected chi connectivity index (χ2v) is 6.28. The summed E-state index contributed by atoms with van der Waals surface area (Å²) < 4.78 is 0.779. The smallest absolute Gasteiger partial charge is 0.0945 e. The number of hydrogen-bond donors (Lipinski definition) is 0. The zero-order valence-corrected chi connectivity index (χ0v) is 11.0. The van der Waals surface area contributed by atoms with Crippen molar-refractivity contribution in [3.8, 4) is 16.6 Å². The molecule has 0 amide bonds. The van der Waals surface area contributed by atoms with Gasteiger partial charge in [0.15, 0.2) is 0 Å². The topological polar surface area (TPSA) is 36.7 Å². The summed E-state index contributed by atoms with van der Waals surface area (Å²) in [6.07, 6.45) is 1.26. The predicted molar refractivity (Wildman–Crippen MR) is 69.1 cm³/mol. The van der Waals surface area contributed by atoms with Crippen LogP contribution in [0.1, 0.15) is 16.3 Å². The largest absolute Gasteiger partial charge is 0.240 e. The molecule has 0 radical (unpaired) electrons. The third kappa shape index (κ3) is 2.43. The molecule has 2 aromatic heterocycles. The Balaban J connectivity index is 2.28. The highest BCUT2D eigenvalue weighted by Crippen LogP contribution is 2.34. The number of nitrogens with zero attached hydrogens (tertiary/aromatic N) is 2. The summed E-state index contributed by atoms with van der Waals surface area (Å²) in [4.78, 5) is 6.84. The van der Waals surface area contributed by atoms with E-state index in [-0.39, 0.29) is 0 Å². The van der Waals surface area contributed by atoms with Crippen molar-refractivity contribution in [3.63, 3.8) is 0 Å². The van der Waals surface area contributed by atoms with E-state index in [0.29, 0.717) is 6.42 Å². The summed E-state index contributed by atoms with van der Waals surface area (Å²) in [5.41, 5.74) is 1.01. The van der Waals surface area contributed by atoms with Gasteiger partial charge in [0.25, 0.3) is 0 Å².